The highest BCUT2D eigenvalue weighted by molar-refractivity contribution is 7.92. The summed E-state index contributed by atoms with van der Waals surface area (Å²) in [5.74, 6) is -0.107. The molecule has 0 aromatic heterocycles. The fourth-order valence-electron chi connectivity index (χ4n) is 3.13. The first-order valence-corrected chi connectivity index (χ1v) is 11.0. The monoisotopic (exact) mass is 388 g/mol. The van der Waals surface area contributed by atoms with Crippen LogP contribution in [0.2, 0.25) is 0 Å². The molecule has 0 bridgehead atoms. The Morgan fingerprint density at radius 2 is 1.70 bits per heavy atom. The SMILES string of the molecule is CCc1ccccc1NC(=O)CCCN(c1cc(C)cc(C)c1)S(C)(=O)=O. The maximum Gasteiger partial charge on any atom is 0.232 e. The Labute approximate surface area is 162 Å². The van der Waals surface area contributed by atoms with Gasteiger partial charge < -0.3 is 5.32 Å². The van der Waals surface area contributed by atoms with Crippen molar-refractivity contribution in [3.05, 3.63) is 59.2 Å². The molecule has 0 saturated heterocycles. The highest BCUT2D eigenvalue weighted by atomic mass is 32.2. The van der Waals surface area contributed by atoms with Gasteiger partial charge in [0.1, 0.15) is 0 Å². The van der Waals surface area contributed by atoms with Crippen LogP contribution in [0.5, 0.6) is 0 Å². The van der Waals surface area contributed by atoms with Crippen LogP contribution in [0.4, 0.5) is 11.4 Å². The Hall–Kier alpha value is -2.34. The van der Waals surface area contributed by atoms with Crippen LogP contribution in [0.1, 0.15) is 36.5 Å². The van der Waals surface area contributed by atoms with Gasteiger partial charge in [-0.2, -0.15) is 0 Å². The molecule has 5 nitrogen and oxygen atoms in total. The van der Waals surface area contributed by atoms with E-state index in [1.165, 1.54) is 10.6 Å². The van der Waals surface area contributed by atoms with E-state index in [1.807, 2.05) is 63.2 Å². The van der Waals surface area contributed by atoms with Crippen molar-refractivity contribution in [2.45, 2.75) is 40.0 Å². The normalized spacial score (nSPS) is 11.3. The summed E-state index contributed by atoms with van der Waals surface area (Å²) in [5, 5.41) is 2.93. The van der Waals surface area contributed by atoms with Crippen LogP contribution >= 0.6 is 0 Å². The number of para-hydroxylation sites is 1. The number of rotatable bonds is 8. The molecule has 0 saturated carbocycles. The molecule has 0 aliphatic carbocycles. The molecular weight excluding hydrogens is 360 g/mol. The summed E-state index contributed by atoms with van der Waals surface area (Å²) >= 11 is 0. The van der Waals surface area contributed by atoms with Crippen molar-refractivity contribution in [1.29, 1.82) is 0 Å². The third kappa shape index (κ3) is 6.10. The lowest BCUT2D eigenvalue weighted by atomic mass is 10.1. The summed E-state index contributed by atoms with van der Waals surface area (Å²) in [6, 6.07) is 13.4. The van der Waals surface area contributed by atoms with Crippen molar-refractivity contribution < 1.29 is 13.2 Å². The van der Waals surface area contributed by atoms with Gasteiger partial charge in [0.15, 0.2) is 0 Å². The second kappa shape index (κ2) is 9.04. The van der Waals surface area contributed by atoms with E-state index < -0.39 is 10.0 Å². The van der Waals surface area contributed by atoms with E-state index in [-0.39, 0.29) is 18.9 Å². The molecule has 0 heterocycles. The van der Waals surface area contributed by atoms with Crippen molar-refractivity contribution in [3.8, 4) is 0 Å². The minimum Gasteiger partial charge on any atom is -0.326 e. The summed E-state index contributed by atoms with van der Waals surface area (Å²) in [6.07, 6.45) is 2.74. The molecular formula is C21H28N2O3S. The Morgan fingerprint density at radius 3 is 2.30 bits per heavy atom. The molecule has 27 heavy (non-hydrogen) atoms. The molecule has 0 fully saturated rings. The van der Waals surface area contributed by atoms with Crippen LogP contribution in [0.3, 0.4) is 0 Å². The lowest BCUT2D eigenvalue weighted by molar-refractivity contribution is -0.116. The van der Waals surface area contributed by atoms with E-state index in [4.69, 9.17) is 0 Å². The summed E-state index contributed by atoms with van der Waals surface area (Å²) in [4.78, 5) is 12.3. The lowest BCUT2D eigenvalue weighted by Gasteiger charge is -2.23. The van der Waals surface area contributed by atoms with Gasteiger partial charge in [-0.15, -0.1) is 0 Å². The molecule has 0 aliphatic rings. The van der Waals surface area contributed by atoms with Crippen LogP contribution in [0.15, 0.2) is 42.5 Å². The van der Waals surface area contributed by atoms with Gasteiger partial charge >= 0.3 is 0 Å². The number of nitrogens with zero attached hydrogens (tertiary/aromatic N) is 1. The topological polar surface area (TPSA) is 66.5 Å². The predicted molar refractivity (Wildman–Crippen MR) is 112 cm³/mol. The number of carbonyl (C=O) groups excluding carboxylic acids is 1. The molecule has 0 unspecified atom stereocenters. The molecule has 0 aliphatic heterocycles. The second-order valence-corrected chi connectivity index (χ2v) is 8.75. The van der Waals surface area contributed by atoms with E-state index in [9.17, 15) is 13.2 Å². The molecule has 2 rings (SSSR count). The molecule has 1 amide bonds. The fourth-order valence-corrected chi connectivity index (χ4v) is 4.08. The number of benzene rings is 2. The molecule has 2 aromatic carbocycles. The maximum atomic E-state index is 12.3. The summed E-state index contributed by atoms with van der Waals surface area (Å²) < 4.78 is 25.8. The number of nitrogens with one attached hydrogen (secondary N) is 1. The van der Waals surface area contributed by atoms with Crippen molar-refractivity contribution in [2.75, 3.05) is 22.4 Å². The highest BCUT2D eigenvalue weighted by Gasteiger charge is 2.18. The van der Waals surface area contributed by atoms with Gasteiger partial charge in [-0.05, 0) is 61.6 Å². The first kappa shape index (κ1) is 21.0. The van der Waals surface area contributed by atoms with Gasteiger partial charge in [-0.25, -0.2) is 8.42 Å². The minimum absolute atomic E-state index is 0.107. The van der Waals surface area contributed by atoms with E-state index in [0.717, 1.165) is 28.8 Å². The fraction of sp³-hybridized carbons (Fsp3) is 0.381. The summed E-state index contributed by atoms with van der Waals surface area (Å²) in [7, 11) is -3.42. The van der Waals surface area contributed by atoms with Gasteiger partial charge in [0, 0.05) is 18.7 Å². The van der Waals surface area contributed by atoms with Crippen LogP contribution < -0.4 is 9.62 Å². The van der Waals surface area contributed by atoms with Crippen molar-refractivity contribution in [2.24, 2.45) is 0 Å². The number of aryl methyl sites for hydroxylation is 3. The zero-order chi connectivity index (χ0) is 20.0. The molecule has 0 atom stereocenters. The summed E-state index contributed by atoms with van der Waals surface area (Å²) in [5.41, 5.74) is 4.56. The van der Waals surface area contributed by atoms with Crippen LogP contribution in [0, 0.1) is 13.8 Å². The third-order valence-electron chi connectivity index (χ3n) is 4.33. The number of carbonyl (C=O) groups is 1. The molecule has 0 radical (unpaired) electrons. The minimum atomic E-state index is -3.42. The average Bonchev–Trinajstić information content (AvgIpc) is 2.57. The predicted octanol–water partition coefficient (Wildman–Crippen LogP) is 4.05. The smallest absolute Gasteiger partial charge is 0.232 e. The van der Waals surface area contributed by atoms with E-state index in [1.54, 1.807) is 0 Å². The number of hydrogen-bond acceptors (Lipinski definition) is 3. The van der Waals surface area contributed by atoms with Gasteiger partial charge in [-0.1, -0.05) is 31.2 Å². The van der Waals surface area contributed by atoms with Crippen LogP contribution in [-0.2, 0) is 21.2 Å². The van der Waals surface area contributed by atoms with Crippen molar-refractivity contribution in [1.82, 2.24) is 0 Å². The number of hydrogen-bond donors (Lipinski definition) is 1. The Balaban J connectivity index is 2.02. The van der Waals surface area contributed by atoms with E-state index >= 15 is 0 Å². The number of sulfonamides is 1. The second-order valence-electron chi connectivity index (χ2n) is 6.84. The van der Waals surface area contributed by atoms with Crippen LogP contribution in [0.25, 0.3) is 0 Å². The third-order valence-corrected chi connectivity index (χ3v) is 5.53. The Morgan fingerprint density at radius 1 is 1.07 bits per heavy atom. The molecule has 2 aromatic rings. The van der Waals surface area contributed by atoms with E-state index in [2.05, 4.69) is 5.32 Å². The molecule has 6 heteroatoms. The van der Waals surface area contributed by atoms with Crippen LogP contribution in [-0.4, -0.2) is 27.1 Å². The highest BCUT2D eigenvalue weighted by Crippen LogP contribution is 2.22. The first-order valence-electron chi connectivity index (χ1n) is 9.14. The zero-order valence-electron chi connectivity index (χ0n) is 16.5. The van der Waals surface area contributed by atoms with E-state index in [0.29, 0.717) is 12.1 Å². The molecule has 146 valence electrons. The maximum absolute atomic E-state index is 12.3. The Bertz CT molecular complexity index is 887. The van der Waals surface area contributed by atoms with Gasteiger partial charge in [0.05, 0.1) is 11.9 Å². The standard InChI is InChI=1S/C21H28N2O3S/c1-5-18-9-6-7-10-20(18)22-21(24)11-8-12-23(27(4,25)26)19-14-16(2)13-17(3)15-19/h6-7,9-10,13-15H,5,8,11-12H2,1-4H3,(H,22,24). The van der Waals surface area contributed by atoms with Gasteiger partial charge in [-0.3, -0.25) is 9.10 Å². The molecule has 0 spiro atoms. The lowest BCUT2D eigenvalue weighted by Crippen LogP contribution is -2.31. The largest absolute Gasteiger partial charge is 0.326 e. The number of amides is 1. The number of anilines is 2. The van der Waals surface area contributed by atoms with Crippen molar-refractivity contribution >= 4 is 27.3 Å². The first-order chi connectivity index (χ1) is 12.7. The molecule has 1 N–H and O–H groups in total. The zero-order valence-corrected chi connectivity index (χ0v) is 17.3. The quantitative estimate of drug-likeness (QED) is 0.742. The average molecular weight is 389 g/mol. The van der Waals surface area contributed by atoms with Gasteiger partial charge in [0.25, 0.3) is 0 Å². The summed E-state index contributed by atoms with van der Waals surface area (Å²) in [6.45, 7) is 6.19. The Kier molecular flexibility index (Phi) is 7.02. The van der Waals surface area contributed by atoms with Gasteiger partial charge in [0.2, 0.25) is 15.9 Å². The van der Waals surface area contributed by atoms with Crippen molar-refractivity contribution in [3.63, 3.8) is 0 Å².